The lowest BCUT2D eigenvalue weighted by atomic mass is 9.79. The lowest BCUT2D eigenvalue weighted by Crippen LogP contribution is -2.13. The topological polar surface area (TPSA) is 18.5 Å². The third-order valence-electron chi connectivity index (χ3n) is 6.46. The van der Waals surface area contributed by atoms with Crippen molar-refractivity contribution in [1.29, 1.82) is 0 Å². The van der Waals surface area contributed by atoms with Gasteiger partial charge in [-0.2, -0.15) is 0 Å². The monoisotopic (exact) mass is 454 g/mol. The summed E-state index contributed by atoms with van der Waals surface area (Å²) in [6, 6.07) is 14.8. The van der Waals surface area contributed by atoms with Gasteiger partial charge in [0.05, 0.1) is 6.61 Å². The Bertz CT molecular complexity index is 1090. The molecule has 3 aromatic carbocycles. The average Bonchev–Trinajstić information content (AvgIpc) is 2.82. The van der Waals surface area contributed by atoms with E-state index in [-0.39, 0.29) is 18.1 Å². The second-order valence-electron chi connectivity index (χ2n) is 8.79. The lowest BCUT2D eigenvalue weighted by molar-refractivity contribution is 0.298. The van der Waals surface area contributed by atoms with E-state index in [1.165, 1.54) is 6.07 Å². The SMILES string of the molecule is CCOc1ccc(COc2ccc(-c3ccc(C4CCC(C)CC4)c(F)c3F)cc2)c(F)c1. The van der Waals surface area contributed by atoms with Gasteiger partial charge < -0.3 is 9.47 Å². The van der Waals surface area contributed by atoms with Crippen molar-refractivity contribution in [3.05, 3.63) is 83.2 Å². The Morgan fingerprint density at radius 1 is 0.788 bits per heavy atom. The van der Waals surface area contributed by atoms with E-state index >= 15 is 0 Å². The van der Waals surface area contributed by atoms with Crippen LogP contribution in [-0.4, -0.2) is 6.61 Å². The molecule has 4 rings (SSSR count). The number of rotatable bonds is 7. The van der Waals surface area contributed by atoms with Crippen LogP contribution in [0, 0.1) is 23.4 Å². The van der Waals surface area contributed by atoms with E-state index in [9.17, 15) is 13.2 Å². The van der Waals surface area contributed by atoms with Gasteiger partial charge in [0.1, 0.15) is 23.9 Å². The zero-order chi connectivity index (χ0) is 23.4. The van der Waals surface area contributed by atoms with E-state index in [0.29, 0.717) is 40.7 Å². The molecule has 174 valence electrons. The quantitative estimate of drug-likeness (QED) is 0.360. The first-order valence-corrected chi connectivity index (χ1v) is 11.6. The highest BCUT2D eigenvalue weighted by atomic mass is 19.2. The first-order valence-electron chi connectivity index (χ1n) is 11.6. The summed E-state index contributed by atoms with van der Waals surface area (Å²) in [4.78, 5) is 0. The highest BCUT2D eigenvalue weighted by Gasteiger charge is 2.25. The second-order valence-corrected chi connectivity index (χ2v) is 8.79. The summed E-state index contributed by atoms with van der Waals surface area (Å²) in [7, 11) is 0. The highest BCUT2D eigenvalue weighted by Crippen LogP contribution is 2.38. The van der Waals surface area contributed by atoms with Gasteiger partial charge in [-0.15, -0.1) is 0 Å². The molecule has 1 fully saturated rings. The van der Waals surface area contributed by atoms with Crippen LogP contribution in [0.4, 0.5) is 13.2 Å². The zero-order valence-electron chi connectivity index (χ0n) is 19.0. The molecule has 2 nitrogen and oxygen atoms in total. The predicted octanol–water partition coefficient (Wildman–Crippen LogP) is 8.04. The molecule has 0 unspecified atom stereocenters. The van der Waals surface area contributed by atoms with Crippen LogP contribution >= 0.6 is 0 Å². The van der Waals surface area contributed by atoms with Crippen LogP contribution < -0.4 is 9.47 Å². The third kappa shape index (κ3) is 5.35. The molecule has 1 aliphatic rings. The van der Waals surface area contributed by atoms with Crippen molar-refractivity contribution in [3.8, 4) is 22.6 Å². The van der Waals surface area contributed by atoms with Crippen LogP contribution in [0.5, 0.6) is 11.5 Å². The minimum atomic E-state index is -0.809. The number of halogens is 3. The number of hydrogen-bond acceptors (Lipinski definition) is 2. The lowest BCUT2D eigenvalue weighted by Gasteiger charge is -2.27. The molecular weight excluding hydrogens is 425 g/mol. The van der Waals surface area contributed by atoms with Crippen LogP contribution in [0.3, 0.4) is 0 Å². The van der Waals surface area contributed by atoms with Crippen molar-refractivity contribution >= 4 is 0 Å². The standard InChI is InChI=1S/C28H29F3O2/c1-3-32-23-13-10-21(26(29)16-23)17-33-22-11-8-20(9-12-22)25-15-14-24(27(30)28(25)31)19-6-4-18(2)5-7-19/h8-16,18-19H,3-7,17H2,1-2H3. The van der Waals surface area contributed by atoms with Crippen molar-refractivity contribution in [3.63, 3.8) is 0 Å². The third-order valence-corrected chi connectivity index (χ3v) is 6.46. The molecule has 0 bridgehead atoms. The molecule has 0 heterocycles. The molecule has 0 radical (unpaired) electrons. The van der Waals surface area contributed by atoms with Gasteiger partial charge in [-0.3, -0.25) is 0 Å². The molecule has 1 saturated carbocycles. The maximum atomic E-state index is 14.9. The summed E-state index contributed by atoms with van der Waals surface area (Å²) in [6.07, 6.45) is 3.90. The molecule has 0 aliphatic heterocycles. The fourth-order valence-corrected chi connectivity index (χ4v) is 4.47. The fraction of sp³-hybridized carbons (Fsp3) is 0.357. The van der Waals surface area contributed by atoms with Gasteiger partial charge >= 0.3 is 0 Å². The van der Waals surface area contributed by atoms with Crippen molar-refractivity contribution in [2.75, 3.05) is 6.61 Å². The Kier molecular flexibility index (Phi) is 7.26. The highest BCUT2D eigenvalue weighted by molar-refractivity contribution is 5.65. The molecule has 0 amide bonds. The number of ether oxygens (including phenoxy) is 2. The molecule has 5 heteroatoms. The summed E-state index contributed by atoms with van der Waals surface area (Å²) in [6.45, 7) is 4.56. The maximum Gasteiger partial charge on any atom is 0.166 e. The van der Waals surface area contributed by atoms with Crippen molar-refractivity contribution in [2.24, 2.45) is 5.92 Å². The zero-order valence-corrected chi connectivity index (χ0v) is 19.0. The van der Waals surface area contributed by atoms with Gasteiger partial charge in [-0.1, -0.05) is 44.0 Å². The second kappa shape index (κ2) is 10.3. The molecule has 0 saturated heterocycles. The Hall–Kier alpha value is -2.95. The Morgan fingerprint density at radius 2 is 1.48 bits per heavy atom. The van der Waals surface area contributed by atoms with Crippen molar-refractivity contribution < 1.29 is 22.6 Å². The first kappa shape index (κ1) is 23.2. The summed E-state index contributed by atoms with van der Waals surface area (Å²) >= 11 is 0. The van der Waals surface area contributed by atoms with Crippen molar-refractivity contribution in [1.82, 2.24) is 0 Å². The molecule has 0 aromatic heterocycles. The normalized spacial score (nSPS) is 18.2. The van der Waals surface area contributed by atoms with Crippen LogP contribution in [0.25, 0.3) is 11.1 Å². The Morgan fingerprint density at radius 3 is 2.15 bits per heavy atom. The van der Waals surface area contributed by atoms with E-state index in [0.717, 1.165) is 25.7 Å². The Balaban J connectivity index is 1.44. The maximum absolute atomic E-state index is 14.9. The molecule has 0 atom stereocenters. The smallest absolute Gasteiger partial charge is 0.166 e. The van der Waals surface area contributed by atoms with E-state index in [4.69, 9.17) is 9.47 Å². The van der Waals surface area contributed by atoms with Gasteiger partial charge in [0.25, 0.3) is 0 Å². The predicted molar refractivity (Wildman–Crippen MR) is 124 cm³/mol. The summed E-state index contributed by atoms with van der Waals surface area (Å²) in [5.41, 5.74) is 1.68. The van der Waals surface area contributed by atoms with E-state index in [1.807, 2.05) is 6.92 Å². The van der Waals surface area contributed by atoms with Crippen LogP contribution in [0.1, 0.15) is 56.6 Å². The fourth-order valence-electron chi connectivity index (χ4n) is 4.47. The average molecular weight is 455 g/mol. The molecule has 3 aromatic rings. The van der Waals surface area contributed by atoms with E-state index < -0.39 is 17.5 Å². The molecule has 0 spiro atoms. The number of benzene rings is 3. The summed E-state index contributed by atoms with van der Waals surface area (Å²) in [5, 5.41) is 0. The summed E-state index contributed by atoms with van der Waals surface area (Å²) in [5.74, 6) is -0.219. The van der Waals surface area contributed by atoms with Crippen LogP contribution in [-0.2, 0) is 6.61 Å². The summed E-state index contributed by atoms with van der Waals surface area (Å²) < 4.78 is 55.0. The molecule has 33 heavy (non-hydrogen) atoms. The van der Waals surface area contributed by atoms with Gasteiger partial charge in [-0.05, 0) is 67.0 Å². The van der Waals surface area contributed by atoms with Gasteiger partial charge in [0, 0.05) is 17.2 Å². The van der Waals surface area contributed by atoms with Gasteiger partial charge in [-0.25, -0.2) is 13.2 Å². The number of hydrogen-bond donors (Lipinski definition) is 0. The van der Waals surface area contributed by atoms with Gasteiger partial charge in [0.15, 0.2) is 11.6 Å². The molecule has 0 N–H and O–H groups in total. The van der Waals surface area contributed by atoms with E-state index in [2.05, 4.69) is 6.92 Å². The van der Waals surface area contributed by atoms with Crippen LogP contribution in [0.2, 0.25) is 0 Å². The van der Waals surface area contributed by atoms with Crippen molar-refractivity contribution in [2.45, 2.75) is 52.1 Å². The van der Waals surface area contributed by atoms with Crippen LogP contribution in [0.15, 0.2) is 54.6 Å². The minimum absolute atomic E-state index is 0.0509. The van der Waals surface area contributed by atoms with Gasteiger partial charge in [0.2, 0.25) is 0 Å². The van der Waals surface area contributed by atoms with E-state index in [1.54, 1.807) is 48.5 Å². The largest absolute Gasteiger partial charge is 0.494 e. The Labute approximate surface area is 193 Å². The first-order chi connectivity index (χ1) is 16.0. The molecular formula is C28H29F3O2. The minimum Gasteiger partial charge on any atom is -0.494 e. The molecule has 1 aliphatic carbocycles.